The lowest BCUT2D eigenvalue weighted by Gasteiger charge is -2.22. The van der Waals surface area contributed by atoms with Gasteiger partial charge in [0.05, 0.1) is 0 Å². The van der Waals surface area contributed by atoms with E-state index in [1.54, 1.807) is 0 Å². The Balaban J connectivity index is 0.00000180. The maximum absolute atomic E-state index is 12.2. The minimum absolute atomic E-state index is 0. The van der Waals surface area contributed by atoms with Crippen LogP contribution in [0, 0.1) is 0 Å². The van der Waals surface area contributed by atoms with E-state index in [9.17, 15) is 4.79 Å². The number of anilines is 1. The van der Waals surface area contributed by atoms with Crippen molar-refractivity contribution in [1.29, 1.82) is 0 Å². The molecule has 114 valence electrons. The smallest absolute Gasteiger partial charge is 0.227 e. The summed E-state index contributed by atoms with van der Waals surface area (Å²) >= 11 is 0. The molecule has 1 amide bonds. The van der Waals surface area contributed by atoms with Gasteiger partial charge < -0.3 is 15.5 Å². The second-order valence-corrected chi connectivity index (χ2v) is 4.80. The highest BCUT2D eigenvalue weighted by Gasteiger charge is 2.21. The van der Waals surface area contributed by atoms with Crippen molar-refractivity contribution in [3.05, 3.63) is 29.8 Å². The summed E-state index contributed by atoms with van der Waals surface area (Å²) < 4.78 is 0. The number of rotatable bonds is 3. The molecule has 0 radical (unpaired) electrons. The fraction of sp³-hybridized carbons (Fsp3) is 0.500. The minimum atomic E-state index is 0. The van der Waals surface area contributed by atoms with Gasteiger partial charge in [-0.2, -0.15) is 0 Å². The average Bonchev–Trinajstić information content (AvgIpc) is 2.54. The van der Waals surface area contributed by atoms with Crippen molar-refractivity contribution in [2.45, 2.75) is 19.4 Å². The maximum Gasteiger partial charge on any atom is 0.227 e. The molecule has 1 aliphatic rings. The number of benzene rings is 1. The number of fused-ring (bicyclic) bond motifs is 1. The third-order valence-corrected chi connectivity index (χ3v) is 3.32. The zero-order chi connectivity index (χ0) is 13.0. The van der Waals surface area contributed by atoms with Crippen LogP contribution in [0.2, 0.25) is 0 Å². The number of nitrogens with two attached hydrogens (primary N) is 1. The number of hydrogen-bond donors (Lipinski definition) is 1. The molecule has 6 heteroatoms. The predicted octanol–water partition coefficient (Wildman–Crippen LogP) is 2.05. The van der Waals surface area contributed by atoms with Crippen LogP contribution >= 0.6 is 24.8 Å². The molecular weight excluding hydrogens is 297 g/mol. The van der Waals surface area contributed by atoms with Crippen LogP contribution in [0.1, 0.15) is 18.4 Å². The van der Waals surface area contributed by atoms with Gasteiger partial charge in [-0.15, -0.1) is 24.8 Å². The van der Waals surface area contributed by atoms with Crippen LogP contribution in [0.4, 0.5) is 5.69 Å². The minimum Gasteiger partial charge on any atom is -0.330 e. The molecule has 1 aromatic rings. The van der Waals surface area contributed by atoms with Gasteiger partial charge in [0.25, 0.3) is 0 Å². The van der Waals surface area contributed by atoms with Gasteiger partial charge in [0, 0.05) is 31.7 Å². The van der Waals surface area contributed by atoms with E-state index in [0.29, 0.717) is 13.0 Å². The Hall–Kier alpha value is -0.810. The molecule has 1 aromatic carbocycles. The van der Waals surface area contributed by atoms with Gasteiger partial charge in [-0.25, -0.2) is 0 Å². The number of halogens is 2. The van der Waals surface area contributed by atoms with Crippen LogP contribution in [-0.4, -0.2) is 37.5 Å². The first-order valence-corrected chi connectivity index (χ1v) is 6.49. The summed E-state index contributed by atoms with van der Waals surface area (Å²) in [6.45, 7) is 3.14. The highest BCUT2D eigenvalue weighted by atomic mass is 35.5. The molecule has 4 nitrogen and oxygen atoms in total. The molecule has 0 saturated heterocycles. The first-order chi connectivity index (χ1) is 8.72. The largest absolute Gasteiger partial charge is 0.330 e. The van der Waals surface area contributed by atoms with E-state index in [0.717, 1.165) is 31.7 Å². The van der Waals surface area contributed by atoms with Gasteiger partial charge in [0.1, 0.15) is 0 Å². The van der Waals surface area contributed by atoms with E-state index in [1.165, 1.54) is 5.56 Å². The SMILES string of the molecule is CN1CCN(C(=O)CCCN)c2ccccc2C1.Cl.Cl. The van der Waals surface area contributed by atoms with E-state index >= 15 is 0 Å². The van der Waals surface area contributed by atoms with E-state index in [2.05, 4.69) is 18.0 Å². The summed E-state index contributed by atoms with van der Waals surface area (Å²) in [5.41, 5.74) is 7.75. The molecule has 2 rings (SSSR count). The van der Waals surface area contributed by atoms with Crippen molar-refractivity contribution < 1.29 is 4.79 Å². The highest BCUT2D eigenvalue weighted by molar-refractivity contribution is 5.94. The van der Waals surface area contributed by atoms with Crippen molar-refractivity contribution in [1.82, 2.24) is 4.90 Å². The topological polar surface area (TPSA) is 49.6 Å². The summed E-state index contributed by atoms with van der Waals surface area (Å²) in [6, 6.07) is 8.16. The maximum atomic E-state index is 12.2. The van der Waals surface area contributed by atoms with Crippen LogP contribution in [0.15, 0.2) is 24.3 Å². The Labute approximate surface area is 133 Å². The van der Waals surface area contributed by atoms with Crippen molar-refractivity contribution >= 4 is 36.4 Å². The van der Waals surface area contributed by atoms with Gasteiger partial charge in [-0.3, -0.25) is 4.79 Å². The zero-order valence-electron chi connectivity index (χ0n) is 11.7. The van der Waals surface area contributed by atoms with Gasteiger partial charge in [0.2, 0.25) is 5.91 Å². The molecule has 0 aliphatic carbocycles. The fourth-order valence-corrected chi connectivity index (χ4v) is 2.32. The quantitative estimate of drug-likeness (QED) is 0.927. The Morgan fingerprint density at radius 2 is 1.95 bits per heavy atom. The van der Waals surface area contributed by atoms with Crippen LogP contribution in [0.5, 0.6) is 0 Å². The number of carbonyl (C=O) groups excluding carboxylic acids is 1. The monoisotopic (exact) mass is 319 g/mol. The Morgan fingerprint density at radius 3 is 2.65 bits per heavy atom. The van der Waals surface area contributed by atoms with Crippen LogP contribution in [0.25, 0.3) is 0 Å². The first kappa shape index (κ1) is 19.2. The number of para-hydroxylation sites is 1. The molecular formula is C14H23Cl2N3O. The van der Waals surface area contributed by atoms with Gasteiger partial charge in [-0.1, -0.05) is 18.2 Å². The molecule has 2 N–H and O–H groups in total. The van der Waals surface area contributed by atoms with Crippen molar-refractivity contribution in [3.63, 3.8) is 0 Å². The number of likely N-dealkylation sites (N-methyl/N-ethyl adjacent to an activating group) is 1. The molecule has 0 saturated carbocycles. The third kappa shape index (κ3) is 4.63. The summed E-state index contributed by atoms with van der Waals surface area (Å²) in [7, 11) is 2.09. The van der Waals surface area contributed by atoms with Gasteiger partial charge in [0.15, 0.2) is 0 Å². The molecule has 0 unspecified atom stereocenters. The Morgan fingerprint density at radius 1 is 1.25 bits per heavy atom. The lowest BCUT2D eigenvalue weighted by atomic mass is 10.1. The highest BCUT2D eigenvalue weighted by Crippen LogP contribution is 2.25. The van der Waals surface area contributed by atoms with Crippen LogP contribution < -0.4 is 10.6 Å². The number of amides is 1. The molecule has 1 aliphatic heterocycles. The number of nitrogens with zero attached hydrogens (tertiary/aromatic N) is 2. The molecule has 20 heavy (non-hydrogen) atoms. The van der Waals surface area contributed by atoms with Crippen LogP contribution in [0.3, 0.4) is 0 Å². The molecule has 0 spiro atoms. The van der Waals surface area contributed by atoms with Crippen molar-refractivity contribution in [3.8, 4) is 0 Å². The summed E-state index contributed by atoms with van der Waals surface area (Å²) in [5.74, 6) is 0.184. The standard InChI is InChI=1S/C14H21N3O.2ClH/c1-16-9-10-17(14(18)7-4-8-15)13-6-3-2-5-12(13)11-16;;/h2-3,5-6H,4,7-11,15H2,1H3;2*1H. The van der Waals surface area contributed by atoms with Gasteiger partial charge in [-0.05, 0) is 31.6 Å². The van der Waals surface area contributed by atoms with Gasteiger partial charge >= 0.3 is 0 Å². The summed E-state index contributed by atoms with van der Waals surface area (Å²) in [4.78, 5) is 16.4. The van der Waals surface area contributed by atoms with E-state index in [-0.39, 0.29) is 30.7 Å². The van der Waals surface area contributed by atoms with E-state index in [1.807, 2.05) is 23.1 Å². The summed E-state index contributed by atoms with van der Waals surface area (Å²) in [5, 5.41) is 0. The molecule has 0 fully saturated rings. The molecule has 0 aromatic heterocycles. The fourth-order valence-electron chi connectivity index (χ4n) is 2.32. The summed E-state index contributed by atoms with van der Waals surface area (Å²) in [6.07, 6.45) is 1.29. The first-order valence-electron chi connectivity index (χ1n) is 6.49. The zero-order valence-corrected chi connectivity index (χ0v) is 13.4. The lowest BCUT2D eigenvalue weighted by Crippen LogP contribution is -2.35. The van der Waals surface area contributed by atoms with E-state index < -0.39 is 0 Å². The molecule has 1 heterocycles. The third-order valence-electron chi connectivity index (χ3n) is 3.32. The molecule has 0 atom stereocenters. The second-order valence-electron chi connectivity index (χ2n) is 4.80. The van der Waals surface area contributed by atoms with Crippen molar-refractivity contribution in [2.24, 2.45) is 5.73 Å². The predicted molar refractivity (Wildman–Crippen MR) is 87.9 cm³/mol. The normalized spacial score (nSPS) is 14.6. The van der Waals surface area contributed by atoms with E-state index in [4.69, 9.17) is 5.73 Å². The second kappa shape index (κ2) is 9.19. The molecule has 0 bridgehead atoms. The number of carbonyl (C=O) groups is 1. The average molecular weight is 320 g/mol. The Bertz CT molecular complexity index is 429. The number of hydrogen-bond acceptors (Lipinski definition) is 3. The van der Waals surface area contributed by atoms with Crippen molar-refractivity contribution in [2.75, 3.05) is 31.6 Å². The van der Waals surface area contributed by atoms with Crippen LogP contribution in [-0.2, 0) is 11.3 Å². The lowest BCUT2D eigenvalue weighted by molar-refractivity contribution is -0.118. The Kier molecular flexibility index (Phi) is 8.81.